The van der Waals surface area contributed by atoms with Gasteiger partial charge in [0.1, 0.15) is 11.1 Å². The summed E-state index contributed by atoms with van der Waals surface area (Å²) in [5.41, 5.74) is 3.58. The Morgan fingerprint density at radius 3 is 2.67 bits per heavy atom. The predicted octanol–water partition coefficient (Wildman–Crippen LogP) is 3.69. The Morgan fingerprint density at radius 1 is 1.07 bits per heavy atom. The molecule has 152 valence electrons. The predicted molar refractivity (Wildman–Crippen MR) is 112 cm³/mol. The van der Waals surface area contributed by atoms with E-state index in [1.807, 2.05) is 50.2 Å². The number of carbonyl (C=O) groups is 2. The van der Waals surface area contributed by atoms with Crippen molar-refractivity contribution in [2.24, 2.45) is 0 Å². The van der Waals surface area contributed by atoms with Gasteiger partial charge in [0.15, 0.2) is 0 Å². The van der Waals surface area contributed by atoms with E-state index in [4.69, 9.17) is 4.42 Å². The lowest BCUT2D eigenvalue weighted by Crippen LogP contribution is -2.46. The van der Waals surface area contributed by atoms with E-state index in [1.165, 1.54) is 11.0 Å². The summed E-state index contributed by atoms with van der Waals surface area (Å²) in [5.74, 6) is -0.259. The molecule has 2 aromatic carbocycles. The van der Waals surface area contributed by atoms with Gasteiger partial charge in [-0.05, 0) is 73.1 Å². The average molecular weight is 402 g/mol. The fourth-order valence-electron chi connectivity index (χ4n) is 4.74. The SMILES string of the molecule is Cc1cc2oc(=O)cc(CN3C(=O)N[C@@]4(CCCc5ccccc54)C3=O)c2cc1C. The molecule has 30 heavy (non-hydrogen) atoms. The Morgan fingerprint density at radius 2 is 1.83 bits per heavy atom. The Bertz CT molecular complexity index is 1280. The van der Waals surface area contributed by atoms with Gasteiger partial charge in [-0.1, -0.05) is 24.3 Å². The van der Waals surface area contributed by atoms with Crippen LogP contribution in [0.4, 0.5) is 4.79 Å². The van der Waals surface area contributed by atoms with Crippen LogP contribution in [0, 0.1) is 13.8 Å². The summed E-state index contributed by atoms with van der Waals surface area (Å²) >= 11 is 0. The van der Waals surface area contributed by atoms with E-state index < -0.39 is 17.2 Å². The van der Waals surface area contributed by atoms with Gasteiger partial charge >= 0.3 is 11.7 Å². The molecule has 1 atom stereocenters. The van der Waals surface area contributed by atoms with Gasteiger partial charge < -0.3 is 9.73 Å². The third-order valence-corrected chi connectivity index (χ3v) is 6.42. The highest BCUT2D eigenvalue weighted by atomic mass is 16.4. The normalized spacial score (nSPS) is 20.7. The summed E-state index contributed by atoms with van der Waals surface area (Å²) in [7, 11) is 0. The van der Waals surface area contributed by atoms with E-state index >= 15 is 0 Å². The number of hydrogen-bond donors (Lipinski definition) is 1. The number of hydrogen-bond acceptors (Lipinski definition) is 4. The maximum absolute atomic E-state index is 13.5. The number of fused-ring (bicyclic) bond motifs is 3. The van der Waals surface area contributed by atoms with Gasteiger partial charge in [-0.3, -0.25) is 9.69 Å². The third-order valence-electron chi connectivity index (χ3n) is 6.42. The lowest BCUT2D eigenvalue weighted by Gasteiger charge is -2.33. The first-order valence-electron chi connectivity index (χ1n) is 10.2. The van der Waals surface area contributed by atoms with Crippen molar-refractivity contribution in [3.63, 3.8) is 0 Å². The highest BCUT2D eigenvalue weighted by molar-refractivity contribution is 6.08. The fraction of sp³-hybridized carbons (Fsp3) is 0.292. The number of nitrogens with zero attached hydrogens (tertiary/aromatic N) is 1. The zero-order chi connectivity index (χ0) is 21.0. The van der Waals surface area contributed by atoms with Gasteiger partial charge in [0, 0.05) is 11.5 Å². The van der Waals surface area contributed by atoms with Crippen LogP contribution >= 0.6 is 0 Å². The molecule has 6 nitrogen and oxygen atoms in total. The molecule has 1 aliphatic carbocycles. The van der Waals surface area contributed by atoms with Crippen molar-refractivity contribution in [2.45, 2.75) is 45.2 Å². The van der Waals surface area contributed by atoms with Crippen molar-refractivity contribution < 1.29 is 14.0 Å². The molecule has 0 saturated carbocycles. The number of carbonyl (C=O) groups excluding carboxylic acids is 2. The molecule has 6 heteroatoms. The quantitative estimate of drug-likeness (QED) is 0.524. The van der Waals surface area contributed by atoms with Crippen molar-refractivity contribution in [3.05, 3.63) is 80.7 Å². The second kappa shape index (κ2) is 6.55. The van der Waals surface area contributed by atoms with E-state index in [2.05, 4.69) is 5.32 Å². The topological polar surface area (TPSA) is 79.6 Å². The number of urea groups is 1. The van der Waals surface area contributed by atoms with Crippen LogP contribution in [0.3, 0.4) is 0 Å². The molecule has 1 aromatic heterocycles. The molecular weight excluding hydrogens is 380 g/mol. The van der Waals surface area contributed by atoms with Crippen LogP contribution in [-0.2, 0) is 23.3 Å². The average Bonchev–Trinajstić information content (AvgIpc) is 2.94. The van der Waals surface area contributed by atoms with E-state index in [-0.39, 0.29) is 12.5 Å². The van der Waals surface area contributed by atoms with Gasteiger partial charge in [-0.2, -0.15) is 0 Å². The Labute approximate surface area is 173 Å². The van der Waals surface area contributed by atoms with E-state index in [0.717, 1.165) is 40.5 Å². The van der Waals surface area contributed by atoms with Crippen LogP contribution in [0.1, 0.15) is 40.7 Å². The summed E-state index contributed by atoms with van der Waals surface area (Å²) in [4.78, 5) is 39.8. The van der Waals surface area contributed by atoms with Gasteiger partial charge in [0.2, 0.25) is 0 Å². The number of nitrogens with one attached hydrogen (secondary N) is 1. The molecule has 1 spiro atoms. The first kappa shape index (κ1) is 18.6. The molecule has 2 aliphatic rings. The monoisotopic (exact) mass is 402 g/mol. The molecule has 1 aliphatic heterocycles. The minimum Gasteiger partial charge on any atom is -0.423 e. The first-order chi connectivity index (χ1) is 14.4. The maximum atomic E-state index is 13.5. The smallest absolute Gasteiger partial charge is 0.336 e. The first-order valence-corrected chi connectivity index (χ1v) is 10.2. The summed E-state index contributed by atoms with van der Waals surface area (Å²) in [6.07, 6.45) is 2.29. The van der Waals surface area contributed by atoms with Crippen molar-refractivity contribution in [3.8, 4) is 0 Å². The second-order valence-electron chi connectivity index (χ2n) is 8.26. The molecule has 3 aromatic rings. The molecule has 0 unspecified atom stereocenters. The molecule has 0 radical (unpaired) electrons. The number of amides is 3. The summed E-state index contributed by atoms with van der Waals surface area (Å²) in [5, 5.41) is 3.70. The van der Waals surface area contributed by atoms with Crippen LogP contribution < -0.4 is 10.9 Å². The highest BCUT2D eigenvalue weighted by Crippen LogP contribution is 2.40. The highest BCUT2D eigenvalue weighted by Gasteiger charge is 2.53. The number of benzene rings is 2. The Kier molecular flexibility index (Phi) is 4.07. The molecule has 0 bridgehead atoms. The molecule has 1 N–H and O–H groups in total. The summed E-state index contributed by atoms with van der Waals surface area (Å²) in [6.45, 7) is 3.95. The van der Waals surface area contributed by atoms with Gasteiger partial charge in [0.25, 0.3) is 5.91 Å². The third kappa shape index (κ3) is 2.67. The van der Waals surface area contributed by atoms with Crippen molar-refractivity contribution in [2.75, 3.05) is 0 Å². The summed E-state index contributed by atoms with van der Waals surface area (Å²) in [6, 6.07) is 12.5. The van der Waals surface area contributed by atoms with Crippen molar-refractivity contribution >= 4 is 22.9 Å². The second-order valence-corrected chi connectivity index (χ2v) is 8.26. The fourth-order valence-corrected chi connectivity index (χ4v) is 4.74. The van der Waals surface area contributed by atoms with E-state index in [0.29, 0.717) is 17.6 Å². The maximum Gasteiger partial charge on any atom is 0.336 e. The van der Waals surface area contributed by atoms with Gasteiger partial charge in [-0.15, -0.1) is 0 Å². The molecular formula is C24H22N2O4. The lowest BCUT2D eigenvalue weighted by atomic mass is 9.76. The standard InChI is InChI=1S/C24H22N2O4/c1-14-10-18-17(12-21(27)30-20(18)11-15(14)2)13-26-22(28)24(25-23(26)29)9-5-7-16-6-3-4-8-19(16)24/h3-4,6,8,10-12H,5,7,9,13H2,1-2H3,(H,25,29)/t24-/m1/s1. The zero-order valence-corrected chi connectivity index (χ0v) is 17.0. The largest absolute Gasteiger partial charge is 0.423 e. The van der Waals surface area contributed by atoms with Gasteiger partial charge in [0.05, 0.1) is 6.54 Å². The minimum absolute atomic E-state index is 0.0270. The number of aryl methyl sites for hydroxylation is 3. The summed E-state index contributed by atoms with van der Waals surface area (Å²) < 4.78 is 5.35. The van der Waals surface area contributed by atoms with Crippen molar-refractivity contribution in [1.82, 2.24) is 10.2 Å². The van der Waals surface area contributed by atoms with Crippen LogP contribution in [0.5, 0.6) is 0 Å². The number of imide groups is 1. The van der Waals surface area contributed by atoms with Crippen LogP contribution in [-0.4, -0.2) is 16.8 Å². The van der Waals surface area contributed by atoms with E-state index in [9.17, 15) is 14.4 Å². The number of rotatable bonds is 2. The van der Waals surface area contributed by atoms with Gasteiger partial charge in [-0.25, -0.2) is 9.59 Å². The minimum atomic E-state index is -1.02. The Balaban J connectivity index is 1.58. The van der Waals surface area contributed by atoms with Crippen LogP contribution in [0.2, 0.25) is 0 Å². The molecule has 2 heterocycles. The molecule has 1 saturated heterocycles. The molecule has 3 amide bonds. The molecule has 1 fully saturated rings. The van der Waals surface area contributed by atoms with E-state index in [1.54, 1.807) is 0 Å². The van der Waals surface area contributed by atoms with Crippen molar-refractivity contribution in [1.29, 1.82) is 0 Å². The molecule has 5 rings (SSSR count). The van der Waals surface area contributed by atoms with Crippen LogP contribution in [0.15, 0.2) is 51.7 Å². The zero-order valence-electron chi connectivity index (χ0n) is 17.0. The van der Waals surface area contributed by atoms with Crippen LogP contribution in [0.25, 0.3) is 11.0 Å². The Hall–Kier alpha value is -3.41. The lowest BCUT2D eigenvalue weighted by molar-refractivity contribution is -0.132.